The molecule has 0 aliphatic rings. The second-order valence-electron chi connectivity index (χ2n) is 6.23. The number of rotatable bonds is 9. The Hall–Kier alpha value is -2.88. The van der Waals surface area contributed by atoms with Crippen LogP contribution in [-0.4, -0.2) is 43.4 Å². The van der Waals surface area contributed by atoms with E-state index >= 15 is 0 Å². The number of carbonyl (C=O) groups is 2. The highest BCUT2D eigenvalue weighted by Crippen LogP contribution is 2.21. The molecule has 10 heteroatoms. The average molecular weight is 466 g/mol. The average Bonchev–Trinajstić information content (AvgIpc) is 2.75. The molecule has 0 saturated carbocycles. The summed E-state index contributed by atoms with van der Waals surface area (Å²) in [6.45, 7) is 4.93. The standard InChI is InChI=1S/C21H24ClN3O5S/c1-3-28-9-10-29-17-6-4-5-15(12-17)20(27)23-21(31)25-24-19(26)13-30-18-8-7-16(22)11-14(18)2/h4-8,11-12H,3,9-10,13H2,1-2H3,(H,24,26)(H2,23,25,27,31). The zero-order valence-electron chi connectivity index (χ0n) is 17.2. The first-order chi connectivity index (χ1) is 14.9. The SMILES string of the molecule is CCOCCOc1cccc(C(=O)NC(=S)NNC(=O)COc2ccc(Cl)cc2C)c1. The van der Waals surface area contributed by atoms with Gasteiger partial charge in [0.15, 0.2) is 11.7 Å². The zero-order chi connectivity index (χ0) is 22.6. The van der Waals surface area contributed by atoms with Gasteiger partial charge in [0.1, 0.15) is 18.1 Å². The Morgan fingerprint density at radius 1 is 1.06 bits per heavy atom. The number of hydrazine groups is 1. The van der Waals surface area contributed by atoms with Crippen molar-refractivity contribution in [3.05, 3.63) is 58.6 Å². The Morgan fingerprint density at radius 2 is 1.87 bits per heavy atom. The summed E-state index contributed by atoms with van der Waals surface area (Å²) in [4.78, 5) is 24.3. The molecule has 0 aliphatic heterocycles. The van der Waals surface area contributed by atoms with E-state index in [0.717, 1.165) is 5.56 Å². The molecule has 0 aromatic heterocycles. The van der Waals surface area contributed by atoms with E-state index in [4.69, 9.17) is 38.0 Å². The summed E-state index contributed by atoms with van der Waals surface area (Å²) >= 11 is 10.9. The van der Waals surface area contributed by atoms with Gasteiger partial charge in [0.05, 0.1) is 6.61 Å². The summed E-state index contributed by atoms with van der Waals surface area (Å²) < 4.78 is 16.2. The molecular formula is C21H24ClN3O5S. The number of halogens is 1. The normalized spacial score (nSPS) is 10.2. The monoisotopic (exact) mass is 465 g/mol. The van der Waals surface area contributed by atoms with Crippen LogP contribution in [0.2, 0.25) is 5.02 Å². The summed E-state index contributed by atoms with van der Waals surface area (Å²) in [6.07, 6.45) is 0. The largest absolute Gasteiger partial charge is 0.491 e. The molecule has 8 nitrogen and oxygen atoms in total. The lowest BCUT2D eigenvalue weighted by Crippen LogP contribution is -2.49. The van der Waals surface area contributed by atoms with Gasteiger partial charge < -0.3 is 14.2 Å². The molecule has 0 unspecified atom stereocenters. The summed E-state index contributed by atoms with van der Waals surface area (Å²) in [7, 11) is 0. The molecule has 3 N–H and O–H groups in total. The molecule has 2 rings (SSSR count). The molecule has 0 bridgehead atoms. The van der Waals surface area contributed by atoms with Crippen molar-refractivity contribution in [3.8, 4) is 11.5 Å². The molecule has 2 aromatic rings. The number of hydrogen-bond acceptors (Lipinski definition) is 6. The van der Waals surface area contributed by atoms with Gasteiger partial charge in [-0.05, 0) is 68.0 Å². The van der Waals surface area contributed by atoms with Crippen molar-refractivity contribution in [1.29, 1.82) is 0 Å². The van der Waals surface area contributed by atoms with Crippen LogP contribution in [0.5, 0.6) is 11.5 Å². The predicted molar refractivity (Wildman–Crippen MR) is 121 cm³/mol. The van der Waals surface area contributed by atoms with Gasteiger partial charge >= 0.3 is 0 Å². The molecule has 31 heavy (non-hydrogen) atoms. The number of ether oxygens (including phenoxy) is 3. The number of carbonyl (C=O) groups excluding carboxylic acids is 2. The van der Waals surface area contributed by atoms with E-state index in [0.29, 0.717) is 41.9 Å². The highest BCUT2D eigenvalue weighted by molar-refractivity contribution is 7.80. The number of thiocarbonyl (C=S) groups is 1. The van der Waals surface area contributed by atoms with Crippen LogP contribution in [-0.2, 0) is 9.53 Å². The third-order valence-corrected chi connectivity index (χ3v) is 4.27. The van der Waals surface area contributed by atoms with Crippen LogP contribution in [0.25, 0.3) is 0 Å². The fourth-order valence-corrected chi connectivity index (χ4v) is 2.75. The number of hydrogen-bond donors (Lipinski definition) is 3. The first-order valence-corrected chi connectivity index (χ1v) is 10.3. The molecule has 0 heterocycles. The number of amides is 2. The predicted octanol–water partition coefficient (Wildman–Crippen LogP) is 2.78. The number of benzene rings is 2. The Kier molecular flexibility index (Phi) is 10.0. The fourth-order valence-electron chi connectivity index (χ4n) is 2.38. The van der Waals surface area contributed by atoms with Crippen LogP contribution in [0.15, 0.2) is 42.5 Å². The summed E-state index contributed by atoms with van der Waals surface area (Å²) in [5.41, 5.74) is 5.97. The first kappa shape index (κ1) is 24.4. The minimum atomic E-state index is -0.476. The van der Waals surface area contributed by atoms with Crippen LogP contribution >= 0.6 is 23.8 Å². The van der Waals surface area contributed by atoms with Gasteiger partial charge in [-0.25, -0.2) is 0 Å². The van der Waals surface area contributed by atoms with Gasteiger partial charge in [-0.15, -0.1) is 0 Å². The van der Waals surface area contributed by atoms with Gasteiger partial charge in [0, 0.05) is 17.2 Å². The summed E-state index contributed by atoms with van der Waals surface area (Å²) in [5.74, 6) is 0.152. The zero-order valence-corrected chi connectivity index (χ0v) is 18.8. The molecule has 0 aliphatic carbocycles. The third-order valence-electron chi connectivity index (χ3n) is 3.84. The maximum atomic E-state index is 12.3. The fraction of sp³-hybridized carbons (Fsp3) is 0.286. The Morgan fingerprint density at radius 3 is 2.61 bits per heavy atom. The van der Waals surface area contributed by atoms with Gasteiger partial charge in [0.2, 0.25) is 0 Å². The van der Waals surface area contributed by atoms with Gasteiger partial charge in [-0.2, -0.15) is 0 Å². The molecule has 0 fully saturated rings. The number of aryl methyl sites for hydroxylation is 1. The van der Waals surface area contributed by atoms with Gasteiger partial charge in [-0.3, -0.25) is 25.8 Å². The van der Waals surface area contributed by atoms with Crippen LogP contribution in [0.1, 0.15) is 22.8 Å². The van der Waals surface area contributed by atoms with Crippen LogP contribution in [0, 0.1) is 6.92 Å². The van der Waals surface area contributed by atoms with Crippen molar-refractivity contribution in [3.63, 3.8) is 0 Å². The lowest BCUT2D eigenvalue weighted by Gasteiger charge is -2.13. The van der Waals surface area contributed by atoms with E-state index in [2.05, 4.69) is 16.2 Å². The van der Waals surface area contributed by atoms with Crippen molar-refractivity contribution in [2.24, 2.45) is 0 Å². The topological polar surface area (TPSA) is 97.9 Å². The van der Waals surface area contributed by atoms with Crippen molar-refractivity contribution in [2.45, 2.75) is 13.8 Å². The Balaban J connectivity index is 1.75. The molecular weight excluding hydrogens is 442 g/mol. The van der Waals surface area contributed by atoms with Crippen LogP contribution in [0.3, 0.4) is 0 Å². The highest BCUT2D eigenvalue weighted by Gasteiger charge is 2.10. The Labute approximate surface area is 191 Å². The van der Waals surface area contributed by atoms with Crippen LogP contribution in [0.4, 0.5) is 0 Å². The van der Waals surface area contributed by atoms with Gasteiger partial charge in [-0.1, -0.05) is 17.7 Å². The molecule has 166 valence electrons. The smallest absolute Gasteiger partial charge is 0.276 e. The number of nitrogens with one attached hydrogen (secondary N) is 3. The van der Waals surface area contributed by atoms with E-state index in [1.54, 1.807) is 42.5 Å². The quantitative estimate of drug-likeness (QED) is 0.297. The highest BCUT2D eigenvalue weighted by atomic mass is 35.5. The third kappa shape index (κ3) is 8.79. The second-order valence-corrected chi connectivity index (χ2v) is 7.07. The van der Waals surface area contributed by atoms with Crippen molar-refractivity contribution in [1.82, 2.24) is 16.2 Å². The maximum Gasteiger partial charge on any atom is 0.276 e. The van der Waals surface area contributed by atoms with E-state index in [9.17, 15) is 9.59 Å². The lowest BCUT2D eigenvalue weighted by atomic mass is 10.2. The molecule has 0 radical (unpaired) electrons. The summed E-state index contributed by atoms with van der Waals surface area (Å²) in [5, 5.41) is 2.99. The minimum absolute atomic E-state index is 0.0660. The van der Waals surface area contributed by atoms with E-state index in [1.807, 2.05) is 13.8 Å². The van der Waals surface area contributed by atoms with Crippen molar-refractivity contribution in [2.75, 3.05) is 26.4 Å². The molecule has 0 saturated heterocycles. The van der Waals surface area contributed by atoms with E-state index in [1.165, 1.54) is 0 Å². The minimum Gasteiger partial charge on any atom is -0.491 e. The maximum absolute atomic E-state index is 12.3. The van der Waals surface area contributed by atoms with Crippen molar-refractivity contribution >= 4 is 40.7 Å². The molecule has 0 spiro atoms. The Bertz CT molecular complexity index is 926. The van der Waals surface area contributed by atoms with E-state index in [-0.39, 0.29) is 11.7 Å². The van der Waals surface area contributed by atoms with Crippen LogP contribution < -0.4 is 25.6 Å². The lowest BCUT2D eigenvalue weighted by molar-refractivity contribution is -0.123. The second kappa shape index (κ2) is 12.7. The first-order valence-electron chi connectivity index (χ1n) is 9.48. The van der Waals surface area contributed by atoms with E-state index < -0.39 is 11.8 Å². The molecule has 0 atom stereocenters. The van der Waals surface area contributed by atoms with Gasteiger partial charge in [0.25, 0.3) is 11.8 Å². The molecule has 2 aromatic carbocycles. The van der Waals surface area contributed by atoms with Crippen molar-refractivity contribution < 1.29 is 23.8 Å². The summed E-state index contributed by atoms with van der Waals surface area (Å²) in [6, 6.07) is 11.7. The molecule has 2 amide bonds.